The second kappa shape index (κ2) is 80.9. The zero-order chi connectivity index (χ0) is 80.3. The number of hydrogen-bond acceptors (Lipinski definition) is 15. The van der Waals surface area contributed by atoms with Gasteiger partial charge in [0.1, 0.15) is 19.3 Å². The minimum atomic E-state index is -5.01. The second-order valence-corrected chi connectivity index (χ2v) is 29.8. The van der Waals surface area contributed by atoms with Crippen LogP contribution in [0.4, 0.5) is 0 Å². The standard InChI is InChI=1S/C91H146O17P2/c1-5-9-13-17-21-25-29-33-37-40-42-45-49-52-56-60-64-68-72-76-89(94)102-82-87(108-91(96)78-74-70-66-62-58-54-50-46-43-41-38-34-30-26-22-18-14-10-6-2)84-106-110(99,100)104-80-85(92)79-103-109(97,98)105-83-86(107-90(95)77-73-69-65-61-57-53-47-36-32-28-24-20-16-12-8-4)81-101-88(93)75-71-67-63-59-55-51-48-44-39-35-31-27-23-19-15-11-7-3/h9-16,21-28,33-39,42-43,45-48,51-52,56,85-87,92H,5-8,17-20,29-32,40-41,44,49-50,53-55,57-84H2,1-4H3,(H,97,98)(H,99,100)/b13-9-,14-10-,15-11-,16-12-,25-21-,26-22-,27-23-,28-24-,37-33-,38-34-,39-35-,45-42-,46-43-,47-36-,51-48-,56-52-. The van der Waals surface area contributed by atoms with Gasteiger partial charge >= 0.3 is 39.5 Å². The Morgan fingerprint density at radius 2 is 0.445 bits per heavy atom. The first kappa shape index (κ1) is 104. The molecule has 0 amide bonds. The minimum absolute atomic E-state index is 0.0616. The van der Waals surface area contributed by atoms with Gasteiger partial charge in [-0.05, 0) is 180 Å². The molecule has 0 aromatic rings. The number of ether oxygens (including phenoxy) is 4. The Labute approximate surface area is 666 Å². The molecule has 0 aliphatic carbocycles. The molecule has 5 atom stereocenters. The predicted octanol–water partition coefficient (Wildman–Crippen LogP) is 24.9. The number of allylic oxidation sites excluding steroid dienone is 32. The van der Waals surface area contributed by atoms with Crippen molar-refractivity contribution in [1.82, 2.24) is 0 Å². The third-order valence-electron chi connectivity index (χ3n) is 16.5. The number of phosphoric ester groups is 2. The molecule has 0 bridgehead atoms. The van der Waals surface area contributed by atoms with Crippen molar-refractivity contribution in [3.05, 3.63) is 194 Å². The van der Waals surface area contributed by atoms with Crippen LogP contribution in [0.3, 0.4) is 0 Å². The molecule has 0 aromatic heterocycles. The summed E-state index contributed by atoms with van der Waals surface area (Å²) in [5.41, 5.74) is 0. The van der Waals surface area contributed by atoms with Gasteiger partial charge in [0.25, 0.3) is 0 Å². The van der Waals surface area contributed by atoms with Crippen molar-refractivity contribution in [2.75, 3.05) is 39.6 Å². The molecule has 0 rings (SSSR count). The van der Waals surface area contributed by atoms with E-state index in [0.717, 1.165) is 218 Å². The van der Waals surface area contributed by atoms with Crippen molar-refractivity contribution >= 4 is 39.5 Å². The third kappa shape index (κ3) is 80.0. The lowest BCUT2D eigenvalue weighted by Gasteiger charge is -2.21. The van der Waals surface area contributed by atoms with E-state index in [-0.39, 0.29) is 25.7 Å². The van der Waals surface area contributed by atoms with Crippen LogP contribution in [-0.4, -0.2) is 96.7 Å². The normalized spacial score (nSPS) is 14.8. The summed E-state index contributed by atoms with van der Waals surface area (Å²) in [7, 11) is -10.0. The number of unbranched alkanes of at least 4 members (excludes halogenated alkanes) is 18. The molecule has 17 nitrogen and oxygen atoms in total. The minimum Gasteiger partial charge on any atom is -0.462 e. The van der Waals surface area contributed by atoms with E-state index in [2.05, 4.69) is 222 Å². The summed E-state index contributed by atoms with van der Waals surface area (Å²) in [6.07, 6.45) is 99.6. The first-order valence-corrected chi connectivity index (χ1v) is 44.7. The number of aliphatic hydroxyl groups excluding tert-OH is 1. The zero-order valence-electron chi connectivity index (χ0n) is 68.1. The number of esters is 4. The maximum Gasteiger partial charge on any atom is 0.472 e. The first-order chi connectivity index (χ1) is 53.7. The van der Waals surface area contributed by atoms with Gasteiger partial charge in [0.2, 0.25) is 0 Å². The van der Waals surface area contributed by atoms with Crippen LogP contribution in [0.25, 0.3) is 0 Å². The molecule has 0 aliphatic rings. The monoisotopic (exact) mass is 1570 g/mol. The van der Waals surface area contributed by atoms with Crippen molar-refractivity contribution < 1.29 is 80.2 Å². The van der Waals surface area contributed by atoms with E-state index in [1.165, 1.54) is 0 Å². The highest BCUT2D eigenvalue weighted by Gasteiger charge is 2.30. The molecule has 0 heterocycles. The Balaban J connectivity index is 5.48. The van der Waals surface area contributed by atoms with Crippen LogP contribution in [-0.2, 0) is 65.4 Å². The summed E-state index contributed by atoms with van der Waals surface area (Å²) in [6, 6.07) is 0. The van der Waals surface area contributed by atoms with Gasteiger partial charge in [-0.3, -0.25) is 37.3 Å². The fraction of sp³-hybridized carbons (Fsp3) is 0.604. The summed E-state index contributed by atoms with van der Waals surface area (Å²) in [4.78, 5) is 73.2. The summed E-state index contributed by atoms with van der Waals surface area (Å²) in [6.45, 7) is 4.31. The van der Waals surface area contributed by atoms with Crippen LogP contribution in [0.1, 0.15) is 297 Å². The molecule has 622 valence electrons. The average molecular weight is 1570 g/mol. The Morgan fingerprint density at radius 3 is 0.691 bits per heavy atom. The van der Waals surface area contributed by atoms with E-state index < -0.39 is 97.5 Å². The highest BCUT2D eigenvalue weighted by molar-refractivity contribution is 7.47. The van der Waals surface area contributed by atoms with Crippen LogP contribution < -0.4 is 0 Å². The summed E-state index contributed by atoms with van der Waals surface area (Å²) in [5, 5.41) is 10.7. The molecule has 0 spiro atoms. The molecule has 110 heavy (non-hydrogen) atoms. The molecule has 19 heteroatoms. The lowest BCUT2D eigenvalue weighted by molar-refractivity contribution is -0.161. The average Bonchev–Trinajstić information content (AvgIpc) is 0.900. The number of hydrogen-bond donors (Lipinski definition) is 3. The molecular weight excluding hydrogens is 1430 g/mol. The van der Waals surface area contributed by atoms with Crippen molar-refractivity contribution in [2.24, 2.45) is 0 Å². The van der Waals surface area contributed by atoms with Crippen molar-refractivity contribution in [3.8, 4) is 0 Å². The van der Waals surface area contributed by atoms with Gasteiger partial charge in [-0.1, -0.05) is 286 Å². The van der Waals surface area contributed by atoms with Gasteiger partial charge in [0.05, 0.1) is 26.4 Å². The second-order valence-electron chi connectivity index (χ2n) is 26.9. The summed E-state index contributed by atoms with van der Waals surface area (Å²) < 4.78 is 68.7. The van der Waals surface area contributed by atoms with Gasteiger partial charge in [-0.25, -0.2) is 9.13 Å². The Hall–Kier alpha value is -6.10. The van der Waals surface area contributed by atoms with E-state index in [1.807, 2.05) is 0 Å². The molecule has 0 radical (unpaired) electrons. The molecule has 0 aromatic carbocycles. The van der Waals surface area contributed by atoms with Gasteiger partial charge < -0.3 is 33.8 Å². The largest absolute Gasteiger partial charge is 0.472 e. The number of carbonyl (C=O) groups is 4. The smallest absolute Gasteiger partial charge is 0.462 e. The molecule has 3 N–H and O–H groups in total. The fourth-order valence-electron chi connectivity index (χ4n) is 10.4. The molecule has 0 saturated heterocycles. The van der Waals surface area contributed by atoms with E-state index in [9.17, 15) is 43.2 Å². The maximum atomic E-state index is 13.1. The lowest BCUT2D eigenvalue weighted by Crippen LogP contribution is -2.30. The highest BCUT2D eigenvalue weighted by atomic mass is 31.2. The van der Waals surface area contributed by atoms with E-state index in [0.29, 0.717) is 25.7 Å². The summed E-state index contributed by atoms with van der Waals surface area (Å²) in [5.74, 6) is -2.29. The predicted molar refractivity (Wildman–Crippen MR) is 454 cm³/mol. The van der Waals surface area contributed by atoms with Crippen LogP contribution in [0.5, 0.6) is 0 Å². The molecular formula is C91H146O17P2. The Bertz CT molecular complexity index is 2850. The molecule has 5 unspecified atom stereocenters. The lowest BCUT2D eigenvalue weighted by atomic mass is 10.1. The fourth-order valence-corrected chi connectivity index (χ4v) is 11.9. The Kier molecular flexibility index (Phi) is 76.4. The summed E-state index contributed by atoms with van der Waals surface area (Å²) >= 11 is 0. The molecule has 0 saturated carbocycles. The van der Waals surface area contributed by atoms with Crippen LogP contribution in [0.2, 0.25) is 0 Å². The van der Waals surface area contributed by atoms with Gasteiger partial charge in [-0.15, -0.1) is 0 Å². The van der Waals surface area contributed by atoms with Crippen LogP contribution in [0.15, 0.2) is 194 Å². The Morgan fingerprint density at radius 1 is 0.255 bits per heavy atom. The van der Waals surface area contributed by atoms with Crippen LogP contribution >= 0.6 is 15.6 Å². The number of carbonyl (C=O) groups excluding carboxylic acids is 4. The van der Waals surface area contributed by atoms with Gasteiger partial charge in [-0.2, -0.15) is 0 Å². The topological polar surface area (TPSA) is 237 Å². The maximum absolute atomic E-state index is 13.1. The molecule has 0 fully saturated rings. The number of rotatable bonds is 76. The number of phosphoric acid groups is 2. The zero-order valence-corrected chi connectivity index (χ0v) is 69.9. The van der Waals surface area contributed by atoms with Crippen LogP contribution in [0, 0.1) is 0 Å². The number of aliphatic hydroxyl groups is 1. The van der Waals surface area contributed by atoms with E-state index in [4.69, 9.17) is 37.0 Å². The first-order valence-electron chi connectivity index (χ1n) is 41.7. The van der Waals surface area contributed by atoms with Crippen molar-refractivity contribution in [2.45, 2.75) is 316 Å². The van der Waals surface area contributed by atoms with E-state index in [1.54, 1.807) is 0 Å². The van der Waals surface area contributed by atoms with Crippen molar-refractivity contribution in [3.63, 3.8) is 0 Å². The van der Waals surface area contributed by atoms with Gasteiger partial charge in [0.15, 0.2) is 12.2 Å². The highest BCUT2D eigenvalue weighted by Crippen LogP contribution is 2.45. The van der Waals surface area contributed by atoms with Gasteiger partial charge in [0, 0.05) is 25.7 Å². The SMILES string of the molecule is CC/C=C\C/C=C\C/C=C\C/C=C\C/C=C\CCCCCC(=O)OCC(COP(=O)(O)OCC(O)COP(=O)(O)OCC(COC(=O)CCCCCC/C=C\C/C=C\C/C=C\C/C=C\CC)OC(=O)CCCCCCC/C=C\C/C=C\C/C=C\CC)OC(=O)CCCCCCCC/C=C\C/C=C\C/C=C\C/C=C\CC. The quantitative estimate of drug-likeness (QED) is 0.0169. The van der Waals surface area contributed by atoms with Crippen molar-refractivity contribution in [1.29, 1.82) is 0 Å². The third-order valence-corrected chi connectivity index (χ3v) is 18.4. The van der Waals surface area contributed by atoms with E-state index >= 15 is 0 Å². The molecule has 0 aliphatic heterocycles.